The van der Waals surface area contributed by atoms with Crippen LogP contribution in [0.2, 0.25) is 0 Å². The summed E-state index contributed by atoms with van der Waals surface area (Å²) < 4.78 is 2.06. The van der Waals surface area contributed by atoms with Crippen molar-refractivity contribution in [1.82, 2.24) is 25.4 Å². The fourth-order valence-corrected chi connectivity index (χ4v) is 3.16. The summed E-state index contributed by atoms with van der Waals surface area (Å²) in [6.45, 7) is 11.6. The fourth-order valence-electron chi connectivity index (χ4n) is 2.42. The van der Waals surface area contributed by atoms with Crippen LogP contribution in [-0.4, -0.2) is 33.8 Å². The molecule has 0 aliphatic carbocycles. The molecule has 2 N–H and O–H groups in total. The van der Waals surface area contributed by atoms with Crippen LogP contribution < -0.4 is 10.6 Å². The topological polar surface area (TPSA) is 67.1 Å². The van der Waals surface area contributed by atoms with E-state index in [4.69, 9.17) is 0 Å². The minimum atomic E-state index is 0.614. The molecule has 0 saturated heterocycles. The van der Waals surface area contributed by atoms with Gasteiger partial charge in [-0.15, -0.1) is 11.3 Å². The van der Waals surface area contributed by atoms with Gasteiger partial charge in [0.25, 0.3) is 0 Å². The number of nitrogens with zero attached hydrogens (tertiary/aromatic N) is 4. The van der Waals surface area contributed by atoms with Gasteiger partial charge in [-0.1, -0.05) is 6.92 Å². The van der Waals surface area contributed by atoms with Gasteiger partial charge in [0, 0.05) is 30.7 Å². The molecule has 0 aromatic carbocycles. The van der Waals surface area contributed by atoms with Crippen molar-refractivity contribution in [3.8, 4) is 0 Å². The molecular weight excluding hydrogens is 320 g/mol. The van der Waals surface area contributed by atoms with Gasteiger partial charge in [-0.25, -0.2) is 9.98 Å². The highest BCUT2D eigenvalue weighted by Gasteiger charge is 2.03. The highest BCUT2D eigenvalue weighted by molar-refractivity contribution is 7.09. The molecule has 132 valence electrons. The number of aromatic nitrogens is 3. The van der Waals surface area contributed by atoms with Crippen molar-refractivity contribution in [3.05, 3.63) is 33.5 Å². The maximum Gasteiger partial charge on any atom is 0.191 e. The number of nitrogens with one attached hydrogen (secondary N) is 2. The second-order valence-electron chi connectivity index (χ2n) is 5.71. The van der Waals surface area contributed by atoms with Gasteiger partial charge < -0.3 is 10.6 Å². The number of hydrogen-bond acceptors (Lipinski definition) is 4. The Bertz CT molecular complexity index is 658. The molecule has 24 heavy (non-hydrogen) atoms. The Kier molecular flexibility index (Phi) is 7.24. The third-order valence-electron chi connectivity index (χ3n) is 3.59. The van der Waals surface area contributed by atoms with Crippen LogP contribution in [0.4, 0.5) is 0 Å². The summed E-state index contributed by atoms with van der Waals surface area (Å²) in [5, 5.41) is 14.4. The molecule has 0 spiro atoms. The number of rotatable bonds is 8. The van der Waals surface area contributed by atoms with Gasteiger partial charge in [0.05, 0.1) is 22.9 Å². The van der Waals surface area contributed by atoms with Crippen LogP contribution in [0.5, 0.6) is 0 Å². The first kappa shape index (κ1) is 18.4. The van der Waals surface area contributed by atoms with E-state index in [1.807, 2.05) is 6.92 Å². The third-order valence-corrected chi connectivity index (χ3v) is 4.63. The predicted molar refractivity (Wildman–Crippen MR) is 101 cm³/mol. The third kappa shape index (κ3) is 5.63. The normalized spacial score (nSPS) is 11.8. The fraction of sp³-hybridized carbons (Fsp3) is 0.588. The van der Waals surface area contributed by atoms with Crippen molar-refractivity contribution in [1.29, 1.82) is 0 Å². The van der Waals surface area contributed by atoms with Crippen LogP contribution in [0.3, 0.4) is 0 Å². The van der Waals surface area contributed by atoms with Crippen molar-refractivity contribution in [2.75, 3.05) is 13.1 Å². The van der Waals surface area contributed by atoms with E-state index in [1.165, 1.54) is 10.7 Å². The molecule has 2 rings (SSSR count). The lowest BCUT2D eigenvalue weighted by Gasteiger charge is -2.11. The molecule has 0 bridgehead atoms. The lowest BCUT2D eigenvalue weighted by Crippen LogP contribution is -2.38. The van der Waals surface area contributed by atoms with E-state index in [0.717, 1.165) is 49.8 Å². The van der Waals surface area contributed by atoms with Crippen LogP contribution in [0.1, 0.15) is 42.4 Å². The summed E-state index contributed by atoms with van der Waals surface area (Å²) in [4.78, 5) is 9.17. The summed E-state index contributed by atoms with van der Waals surface area (Å²) in [5.74, 6) is 0.844. The van der Waals surface area contributed by atoms with Crippen molar-refractivity contribution in [2.24, 2.45) is 4.99 Å². The molecule has 0 radical (unpaired) electrons. The van der Waals surface area contributed by atoms with Gasteiger partial charge in [-0.3, -0.25) is 4.68 Å². The molecule has 0 aliphatic heterocycles. The van der Waals surface area contributed by atoms with Gasteiger partial charge in [0.15, 0.2) is 5.96 Å². The standard InChI is InChI=1S/C17H28N6S/c1-5-16-21-15(12-24-16)11-20-17(18-6-2)19-8-7-9-23-14(4)10-13(3)22-23/h10,12H,5-9,11H2,1-4H3,(H2,18,19,20). The van der Waals surface area contributed by atoms with E-state index in [2.05, 4.69) is 62.6 Å². The molecule has 2 aromatic heterocycles. The van der Waals surface area contributed by atoms with Gasteiger partial charge >= 0.3 is 0 Å². The average molecular weight is 349 g/mol. The van der Waals surface area contributed by atoms with Crippen LogP contribution >= 0.6 is 11.3 Å². The number of aliphatic imine (C=N–C) groups is 1. The molecule has 7 heteroatoms. The molecule has 2 heterocycles. The number of guanidine groups is 1. The maximum atomic E-state index is 4.61. The van der Waals surface area contributed by atoms with Gasteiger partial charge in [0.2, 0.25) is 0 Å². The van der Waals surface area contributed by atoms with E-state index in [1.54, 1.807) is 11.3 Å². The number of hydrogen-bond donors (Lipinski definition) is 2. The molecule has 0 saturated carbocycles. The highest BCUT2D eigenvalue weighted by Crippen LogP contribution is 2.10. The van der Waals surface area contributed by atoms with Crippen molar-refractivity contribution < 1.29 is 0 Å². The molecule has 0 fully saturated rings. The van der Waals surface area contributed by atoms with Gasteiger partial charge in [0.1, 0.15) is 0 Å². The summed E-state index contributed by atoms with van der Waals surface area (Å²) >= 11 is 1.71. The first-order chi connectivity index (χ1) is 11.6. The van der Waals surface area contributed by atoms with E-state index < -0.39 is 0 Å². The van der Waals surface area contributed by atoms with E-state index in [0.29, 0.717) is 6.54 Å². The minimum absolute atomic E-state index is 0.614. The van der Waals surface area contributed by atoms with E-state index in [-0.39, 0.29) is 0 Å². The van der Waals surface area contributed by atoms with E-state index in [9.17, 15) is 0 Å². The van der Waals surface area contributed by atoms with Crippen LogP contribution in [0, 0.1) is 13.8 Å². The Labute approximate surface area is 148 Å². The van der Waals surface area contributed by atoms with Crippen molar-refractivity contribution >= 4 is 17.3 Å². The van der Waals surface area contributed by atoms with Crippen LogP contribution in [-0.2, 0) is 19.5 Å². The van der Waals surface area contributed by atoms with Crippen LogP contribution in [0.15, 0.2) is 16.4 Å². The second-order valence-corrected chi connectivity index (χ2v) is 6.65. The first-order valence-electron chi connectivity index (χ1n) is 8.58. The summed E-state index contributed by atoms with van der Waals surface area (Å²) in [6.07, 6.45) is 1.99. The summed E-state index contributed by atoms with van der Waals surface area (Å²) in [7, 11) is 0. The Balaban J connectivity index is 1.79. The quantitative estimate of drug-likeness (QED) is 0.437. The Hall–Kier alpha value is -1.89. The lowest BCUT2D eigenvalue weighted by molar-refractivity contribution is 0.555. The maximum absolute atomic E-state index is 4.61. The molecule has 0 atom stereocenters. The predicted octanol–water partition coefficient (Wildman–Crippen LogP) is 2.66. The zero-order chi connectivity index (χ0) is 17.4. The zero-order valence-electron chi connectivity index (χ0n) is 15.1. The lowest BCUT2D eigenvalue weighted by atomic mass is 10.4. The Morgan fingerprint density at radius 1 is 1.29 bits per heavy atom. The number of aryl methyl sites for hydroxylation is 4. The number of thiazole rings is 1. The van der Waals surface area contributed by atoms with Crippen LogP contribution in [0.25, 0.3) is 0 Å². The SMILES string of the molecule is CCNC(=NCc1csc(CC)n1)NCCCn1nc(C)cc1C. The van der Waals surface area contributed by atoms with Gasteiger partial charge in [-0.2, -0.15) is 5.10 Å². The molecule has 6 nitrogen and oxygen atoms in total. The highest BCUT2D eigenvalue weighted by atomic mass is 32.1. The second kappa shape index (κ2) is 9.42. The molecule has 0 amide bonds. The Morgan fingerprint density at radius 2 is 2.12 bits per heavy atom. The Morgan fingerprint density at radius 3 is 2.75 bits per heavy atom. The first-order valence-corrected chi connectivity index (χ1v) is 9.46. The molecule has 2 aromatic rings. The van der Waals surface area contributed by atoms with Crippen molar-refractivity contribution in [2.45, 2.75) is 53.6 Å². The zero-order valence-corrected chi connectivity index (χ0v) is 15.9. The van der Waals surface area contributed by atoms with Gasteiger partial charge in [-0.05, 0) is 39.7 Å². The van der Waals surface area contributed by atoms with Crippen molar-refractivity contribution in [3.63, 3.8) is 0 Å². The smallest absolute Gasteiger partial charge is 0.191 e. The molecule has 0 unspecified atom stereocenters. The summed E-state index contributed by atoms with van der Waals surface area (Å²) in [6, 6.07) is 2.11. The molecule has 0 aliphatic rings. The molecular formula is C17H28N6S. The van der Waals surface area contributed by atoms with E-state index >= 15 is 0 Å². The monoisotopic (exact) mass is 348 g/mol. The summed E-state index contributed by atoms with van der Waals surface area (Å²) in [5.41, 5.74) is 3.32. The average Bonchev–Trinajstić information content (AvgIpc) is 3.15. The minimum Gasteiger partial charge on any atom is -0.357 e. The largest absolute Gasteiger partial charge is 0.357 e.